The predicted molar refractivity (Wildman–Crippen MR) is 5.75 cm³/mol. The number of hydrogen-bond donors (Lipinski definition) is 0. The molecule has 0 spiro atoms. The average Bonchev–Trinajstić information content (AvgIpc) is 1.00. The monoisotopic (exact) mass is 136 g/mol. The summed E-state index contributed by atoms with van der Waals surface area (Å²) in [4.78, 5) is 0. The van der Waals surface area contributed by atoms with Crippen LogP contribution in [-0.2, 0) is 19.5 Å². The minimum Gasteiger partial charge on any atom is -1.00 e. The van der Waals surface area contributed by atoms with Gasteiger partial charge in [0.05, 0.1) is 0 Å². The van der Waals surface area contributed by atoms with Gasteiger partial charge in [0, 0.05) is 19.5 Å². The summed E-state index contributed by atoms with van der Waals surface area (Å²) < 4.78 is 0. The first-order valence-corrected chi connectivity index (χ1v) is 0.167. The van der Waals surface area contributed by atoms with E-state index >= 15 is 0 Å². The van der Waals surface area contributed by atoms with E-state index in [4.69, 9.17) is 10.5 Å². The third kappa shape index (κ3) is 9.19. The zero-order valence-corrected chi connectivity index (χ0v) is 7.41. The van der Waals surface area contributed by atoms with Gasteiger partial charge in [0.1, 0.15) is 0 Å². The topological polar surface area (TPSA) is 46.1 Å². The van der Waals surface area contributed by atoms with Crippen molar-refractivity contribution >= 4 is 37.7 Å². The maximum atomic E-state index is 7.00. The fraction of sp³-hybridized carbons (Fsp3) is 0. The van der Waals surface area contributed by atoms with Gasteiger partial charge in [-0.1, -0.05) is 0 Å². The Morgan fingerprint density at radius 2 is 1.00 bits per heavy atom. The first-order valence-electron chi connectivity index (χ1n) is 0.167. The van der Waals surface area contributed by atoms with Crippen LogP contribution in [0, 0.1) is 0 Å². The van der Waals surface area contributed by atoms with Crippen LogP contribution in [-0.4, -0.2) is 37.7 Å². The smallest absolute Gasteiger partial charge is 1.00 e. The molecule has 0 bridgehead atoms. The van der Waals surface area contributed by atoms with Gasteiger partial charge in [0.15, 0.2) is 0 Å². The predicted octanol–water partition coefficient (Wildman–Crippen LogP) is -2.76. The Morgan fingerprint density at radius 1 is 1.00 bits per heavy atom. The van der Waals surface area contributed by atoms with Crippen molar-refractivity contribution in [3.8, 4) is 0 Å². The molecule has 4 heavy (non-hydrogen) atoms. The standard InChI is InChI=1S/Ca.O2.Zn/c;1-2;/q+2;-2;. The van der Waals surface area contributed by atoms with Crippen LogP contribution in [0.2, 0.25) is 0 Å². The molecule has 0 N–H and O–H groups in total. The van der Waals surface area contributed by atoms with E-state index in [1.165, 1.54) is 0 Å². The van der Waals surface area contributed by atoms with Crippen molar-refractivity contribution < 1.29 is 30.0 Å². The van der Waals surface area contributed by atoms with Crippen LogP contribution in [0.5, 0.6) is 0 Å². The van der Waals surface area contributed by atoms with Crippen LogP contribution in [0.15, 0.2) is 0 Å². The van der Waals surface area contributed by atoms with Gasteiger partial charge < -0.3 is 10.5 Å². The van der Waals surface area contributed by atoms with E-state index in [0.29, 0.717) is 0 Å². The molecule has 0 rings (SSSR count). The Bertz CT molecular complexity index is 6.00. The molecule has 0 aliphatic heterocycles. The Balaban J connectivity index is -0.00000000500. The van der Waals surface area contributed by atoms with E-state index < -0.39 is 0 Å². The molecule has 0 unspecified atom stereocenters. The molecule has 0 aromatic rings. The van der Waals surface area contributed by atoms with Gasteiger partial charge in [-0.25, -0.2) is 0 Å². The molecule has 0 atom stereocenters. The third-order valence-corrected chi connectivity index (χ3v) is 0. The Labute approximate surface area is 66.9 Å². The van der Waals surface area contributed by atoms with E-state index in [9.17, 15) is 0 Å². The molecular weight excluding hydrogens is 137 g/mol. The molecule has 0 aromatic carbocycles. The molecule has 0 heterocycles. The molecule has 4 heteroatoms. The molecule has 0 saturated carbocycles. The van der Waals surface area contributed by atoms with Crippen molar-refractivity contribution in [2.75, 3.05) is 0 Å². The normalized spacial score (nSPS) is 1.50. The van der Waals surface area contributed by atoms with Crippen LogP contribution in [0.25, 0.3) is 0 Å². The molecule has 16 valence electrons. The molecular formula is CaO2Zn. The maximum Gasteiger partial charge on any atom is 2.00 e. The second-order valence-electron chi connectivity index (χ2n) is 0. The first kappa shape index (κ1) is 17.0. The van der Waals surface area contributed by atoms with Gasteiger partial charge in [-0.05, 0) is 0 Å². The molecule has 0 amide bonds. The average molecular weight is 137 g/mol. The number of rotatable bonds is 0. The Morgan fingerprint density at radius 3 is 1.00 bits per heavy atom. The third-order valence-electron chi connectivity index (χ3n) is 0. The van der Waals surface area contributed by atoms with Crippen LogP contribution >= 0.6 is 0 Å². The van der Waals surface area contributed by atoms with Crippen LogP contribution in [0.3, 0.4) is 0 Å². The van der Waals surface area contributed by atoms with Gasteiger partial charge in [-0.15, -0.1) is 0 Å². The summed E-state index contributed by atoms with van der Waals surface area (Å²) in [6.45, 7) is 0. The second-order valence-corrected chi connectivity index (χ2v) is 0. The first-order chi connectivity index (χ1) is 1.00. The zero-order valence-electron chi connectivity index (χ0n) is 2.23. The van der Waals surface area contributed by atoms with Crippen LogP contribution in [0.4, 0.5) is 0 Å². The zero-order chi connectivity index (χ0) is 2.00. The minimum absolute atomic E-state index is 0. The molecule has 0 aromatic heterocycles. The summed E-state index contributed by atoms with van der Waals surface area (Å²) in [6, 6.07) is 0. The van der Waals surface area contributed by atoms with Crippen molar-refractivity contribution in [1.82, 2.24) is 0 Å². The largest absolute Gasteiger partial charge is 2.00 e. The van der Waals surface area contributed by atoms with E-state index in [2.05, 4.69) is 0 Å². The van der Waals surface area contributed by atoms with E-state index in [1.807, 2.05) is 0 Å². The van der Waals surface area contributed by atoms with Crippen LogP contribution < -0.4 is 10.5 Å². The summed E-state index contributed by atoms with van der Waals surface area (Å²) in [6.07, 6.45) is 0. The van der Waals surface area contributed by atoms with Gasteiger partial charge in [0.2, 0.25) is 0 Å². The SMILES string of the molecule is [Ca+2].[O-][O-].[Zn]. The maximum absolute atomic E-state index is 7.00. The quantitative estimate of drug-likeness (QED) is 0.206. The number of hydrogen-bond acceptors (Lipinski definition) is 2. The van der Waals surface area contributed by atoms with Gasteiger partial charge in [-0.3, -0.25) is 0 Å². The summed E-state index contributed by atoms with van der Waals surface area (Å²) in [5.41, 5.74) is 0. The molecule has 0 aliphatic rings. The van der Waals surface area contributed by atoms with Gasteiger partial charge in [-0.2, -0.15) is 0 Å². The Kier molecular flexibility index (Phi) is 91.0. The summed E-state index contributed by atoms with van der Waals surface area (Å²) in [5.74, 6) is 0. The molecule has 0 aliphatic carbocycles. The van der Waals surface area contributed by atoms with Gasteiger partial charge >= 0.3 is 37.7 Å². The van der Waals surface area contributed by atoms with E-state index in [0.717, 1.165) is 0 Å². The van der Waals surface area contributed by atoms with Crippen molar-refractivity contribution in [1.29, 1.82) is 0 Å². The fourth-order valence-corrected chi connectivity index (χ4v) is 0. The fourth-order valence-electron chi connectivity index (χ4n) is 0. The summed E-state index contributed by atoms with van der Waals surface area (Å²) in [7, 11) is 0. The summed E-state index contributed by atoms with van der Waals surface area (Å²) in [5, 5.41) is 14.0. The van der Waals surface area contributed by atoms with Crippen molar-refractivity contribution in [3.05, 3.63) is 0 Å². The molecule has 0 saturated heterocycles. The molecule has 0 radical (unpaired) electrons. The summed E-state index contributed by atoms with van der Waals surface area (Å²) >= 11 is 0. The van der Waals surface area contributed by atoms with Gasteiger partial charge in [0.25, 0.3) is 0 Å². The second kappa shape index (κ2) is 21.4. The van der Waals surface area contributed by atoms with Crippen molar-refractivity contribution in [2.45, 2.75) is 0 Å². The van der Waals surface area contributed by atoms with Crippen LogP contribution in [0.1, 0.15) is 0 Å². The Hall–Kier alpha value is 1.80. The molecule has 0 fully saturated rings. The van der Waals surface area contributed by atoms with Crippen molar-refractivity contribution in [3.63, 3.8) is 0 Å². The van der Waals surface area contributed by atoms with E-state index in [-0.39, 0.29) is 57.2 Å². The minimum atomic E-state index is 0. The van der Waals surface area contributed by atoms with Crippen molar-refractivity contribution in [2.24, 2.45) is 0 Å². The van der Waals surface area contributed by atoms with E-state index in [1.54, 1.807) is 0 Å². The molecule has 2 nitrogen and oxygen atoms in total.